The average molecular weight is 289 g/mol. The van der Waals surface area contributed by atoms with Gasteiger partial charge >= 0.3 is 0 Å². The van der Waals surface area contributed by atoms with Crippen LogP contribution in [-0.4, -0.2) is 4.98 Å². The zero-order chi connectivity index (χ0) is 15.1. The number of aromatic nitrogens is 1. The third kappa shape index (κ3) is 2.10. The molecule has 0 saturated carbocycles. The van der Waals surface area contributed by atoms with E-state index < -0.39 is 0 Å². The lowest BCUT2D eigenvalue weighted by atomic mass is 9.93. The van der Waals surface area contributed by atoms with Crippen molar-refractivity contribution in [1.29, 1.82) is 0 Å². The first-order valence-electron chi connectivity index (χ1n) is 7.74. The quantitative estimate of drug-likeness (QED) is 0.707. The summed E-state index contributed by atoms with van der Waals surface area (Å²) in [6.07, 6.45) is 3.27. The van der Waals surface area contributed by atoms with Gasteiger partial charge < -0.3 is 11.5 Å². The summed E-state index contributed by atoms with van der Waals surface area (Å²) in [5, 5.41) is 0.998. The van der Waals surface area contributed by atoms with E-state index in [0.717, 1.165) is 35.0 Å². The first-order chi connectivity index (χ1) is 10.7. The van der Waals surface area contributed by atoms with Crippen molar-refractivity contribution >= 4 is 22.4 Å². The highest BCUT2D eigenvalue weighted by Gasteiger charge is 2.23. The highest BCUT2D eigenvalue weighted by molar-refractivity contribution is 5.91. The van der Waals surface area contributed by atoms with E-state index in [9.17, 15) is 0 Å². The number of fused-ring (bicyclic) bond motifs is 2. The molecule has 0 unspecified atom stereocenters. The molecule has 0 radical (unpaired) electrons. The molecule has 22 heavy (non-hydrogen) atoms. The number of hydrogen-bond acceptors (Lipinski definition) is 3. The van der Waals surface area contributed by atoms with E-state index in [0.29, 0.717) is 11.7 Å². The number of nitrogen functional groups attached to an aromatic ring is 2. The monoisotopic (exact) mass is 289 g/mol. The number of nitrogens with zero attached hydrogens (tertiary/aromatic N) is 1. The fourth-order valence-corrected chi connectivity index (χ4v) is 3.56. The predicted octanol–water partition coefficient (Wildman–Crippen LogP) is 3.67. The van der Waals surface area contributed by atoms with Gasteiger partial charge in [0.2, 0.25) is 0 Å². The molecule has 1 aliphatic rings. The lowest BCUT2D eigenvalue weighted by Crippen LogP contribution is -2.04. The standard InChI is InChI=1S/C19H19N3/c20-17-6-3-7-18-16(17)11-14(19(21)22-18)10-13-9-8-12-4-1-2-5-15(12)13/h1-7,11,13H,8-10,20H2,(H2,21,22)/t13-/m1/s1. The normalized spacial score (nSPS) is 16.8. The number of aryl methyl sites for hydroxylation is 1. The van der Waals surface area contributed by atoms with Crippen molar-refractivity contribution in [3.63, 3.8) is 0 Å². The van der Waals surface area contributed by atoms with E-state index in [4.69, 9.17) is 11.5 Å². The molecular formula is C19H19N3. The smallest absolute Gasteiger partial charge is 0.127 e. The van der Waals surface area contributed by atoms with Crippen LogP contribution in [0.15, 0.2) is 48.5 Å². The number of pyridine rings is 1. The maximum atomic E-state index is 6.18. The second-order valence-corrected chi connectivity index (χ2v) is 6.09. The maximum Gasteiger partial charge on any atom is 0.127 e. The Morgan fingerprint density at radius 3 is 2.82 bits per heavy atom. The molecule has 1 aliphatic carbocycles. The molecule has 0 bridgehead atoms. The van der Waals surface area contributed by atoms with Crippen LogP contribution in [0, 0.1) is 0 Å². The fraction of sp³-hybridized carbons (Fsp3) is 0.211. The van der Waals surface area contributed by atoms with Crippen LogP contribution >= 0.6 is 0 Å². The SMILES string of the molecule is Nc1nc2cccc(N)c2cc1C[C@H]1CCc2ccccc21. The molecule has 1 atom stereocenters. The summed E-state index contributed by atoms with van der Waals surface area (Å²) in [6, 6.07) is 16.6. The minimum absolute atomic E-state index is 0.530. The number of nitrogens with two attached hydrogens (primary N) is 2. The van der Waals surface area contributed by atoms with Gasteiger partial charge in [0, 0.05) is 11.1 Å². The first-order valence-corrected chi connectivity index (χ1v) is 7.74. The van der Waals surface area contributed by atoms with Crippen molar-refractivity contribution in [3.05, 3.63) is 65.2 Å². The highest BCUT2D eigenvalue weighted by atomic mass is 14.8. The van der Waals surface area contributed by atoms with Crippen LogP contribution in [0.2, 0.25) is 0 Å². The molecule has 3 aromatic rings. The Bertz CT molecular complexity index is 854. The Labute approximate surface area is 130 Å². The molecule has 110 valence electrons. The second-order valence-electron chi connectivity index (χ2n) is 6.09. The number of rotatable bonds is 2. The lowest BCUT2D eigenvalue weighted by molar-refractivity contribution is 0.675. The molecule has 0 saturated heterocycles. The summed E-state index contributed by atoms with van der Waals surface area (Å²) in [5.74, 6) is 1.16. The van der Waals surface area contributed by atoms with Crippen molar-refractivity contribution in [2.75, 3.05) is 11.5 Å². The molecule has 4 N–H and O–H groups in total. The van der Waals surface area contributed by atoms with Gasteiger partial charge in [-0.05, 0) is 60.1 Å². The summed E-state index contributed by atoms with van der Waals surface area (Å²) >= 11 is 0. The molecule has 3 heteroatoms. The average Bonchev–Trinajstić information content (AvgIpc) is 2.92. The van der Waals surface area contributed by atoms with E-state index >= 15 is 0 Å². The Kier molecular flexibility index (Phi) is 3.00. The Hall–Kier alpha value is -2.55. The maximum absolute atomic E-state index is 6.18. The molecule has 1 aromatic heterocycles. The second kappa shape index (κ2) is 5.02. The third-order valence-electron chi connectivity index (χ3n) is 4.73. The van der Waals surface area contributed by atoms with Gasteiger partial charge in [0.15, 0.2) is 0 Å². The van der Waals surface area contributed by atoms with Crippen LogP contribution in [0.5, 0.6) is 0 Å². The molecule has 0 fully saturated rings. The van der Waals surface area contributed by atoms with Crippen molar-refractivity contribution in [1.82, 2.24) is 4.98 Å². The summed E-state index contributed by atoms with van der Waals surface area (Å²) < 4.78 is 0. The Morgan fingerprint density at radius 2 is 1.91 bits per heavy atom. The van der Waals surface area contributed by atoms with E-state index in [-0.39, 0.29) is 0 Å². The number of benzene rings is 2. The van der Waals surface area contributed by atoms with Gasteiger partial charge in [-0.15, -0.1) is 0 Å². The number of hydrogen-bond donors (Lipinski definition) is 2. The third-order valence-corrected chi connectivity index (χ3v) is 4.73. The minimum Gasteiger partial charge on any atom is -0.398 e. The molecule has 0 amide bonds. The van der Waals surface area contributed by atoms with Crippen LogP contribution in [0.1, 0.15) is 29.0 Å². The van der Waals surface area contributed by atoms with Gasteiger partial charge in [0.05, 0.1) is 5.52 Å². The molecular weight excluding hydrogens is 270 g/mol. The van der Waals surface area contributed by atoms with Crippen LogP contribution in [-0.2, 0) is 12.8 Å². The molecule has 4 rings (SSSR count). The van der Waals surface area contributed by atoms with Crippen LogP contribution in [0.3, 0.4) is 0 Å². The minimum atomic E-state index is 0.530. The number of anilines is 2. The van der Waals surface area contributed by atoms with Crippen LogP contribution in [0.25, 0.3) is 10.9 Å². The fourth-order valence-electron chi connectivity index (χ4n) is 3.56. The zero-order valence-electron chi connectivity index (χ0n) is 12.4. The van der Waals surface area contributed by atoms with Crippen LogP contribution < -0.4 is 11.5 Å². The lowest BCUT2D eigenvalue weighted by Gasteiger charge is -2.14. The van der Waals surface area contributed by atoms with E-state index in [2.05, 4.69) is 35.3 Å². The summed E-state index contributed by atoms with van der Waals surface area (Å²) in [6.45, 7) is 0. The highest BCUT2D eigenvalue weighted by Crippen LogP contribution is 2.36. The largest absolute Gasteiger partial charge is 0.398 e. The van der Waals surface area contributed by atoms with Crippen molar-refractivity contribution < 1.29 is 0 Å². The topological polar surface area (TPSA) is 64.9 Å². The molecule has 3 nitrogen and oxygen atoms in total. The zero-order valence-corrected chi connectivity index (χ0v) is 12.4. The van der Waals surface area contributed by atoms with Crippen molar-refractivity contribution in [2.45, 2.75) is 25.2 Å². The van der Waals surface area contributed by atoms with E-state index in [1.807, 2.05) is 18.2 Å². The van der Waals surface area contributed by atoms with E-state index in [1.54, 1.807) is 0 Å². The van der Waals surface area contributed by atoms with Gasteiger partial charge in [-0.2, -0.15) is 0 Å². The molecule has 0 aliphatic heterocycles. The van der Waals surface area contributed by atoms with Gasteiger partial charge in [-0.1, -0.05) is 30.3 Å². The van der Waals surface area contributed by atoms with Gasteiger partial charge in [0.1, 0.15) is 5.82 Å². The van der Waals surface area contributed by atoms with Crippen molar-refractivity contribution in [3.8, 4) is 0 Å². The van der Waals surface area contributed by atoms with Gasteiger partial charge in [-0.3, -0.25) is 0 Å². The Morgan fingerprint density at radius 1 is 1.05 bits per heavy atom. The van der Waals surface area contributed by atoms with Gasteiger partial charge in [-0.25, -0.2) is 4.98 Å². The molecule has 2 aromatic carbocycles. The van der Waals surface area contributed by atoms with Crippen molar-refractivity contribution in [2.24, 2.45) is 0 Å². The summed E-state index contributed by atoms with van der Waals surface area (Å²) in [7, 11) is 0. The molecule has 1 heterocycles. The summed E-state index contributed by atoms with van der Waals surface area (Å²) in [5.41, 5.74) is 17.9. The molecule has 0 spiro atoms. The summed E-state index contributed by atoms with van der Waals surface area (Å²) in [4.78, 5) is 4.53. The van der Waals surface area contributed by atoms with E-state index in [1.165, 1.54) is 17.5 Å². The van der Waals surface area contributed by atoms with Crippen LogP contribution in [0.4, 0.5) is 11.5 Å². The van der Waals surface area contributed by atoms with Gasteiger partial charge in [0.25, 0.3) is 0 Å². The predicted molar refractivity (Wildman–Crippen MR) is 91.8 cm³/mol. The Balaban J connectivity index is 1.73. The first kappa shape index (κ1) is 13.1.